The molecule has 1 N–H and O–H groups in total. The molecule has 0 spiro atoms. The Morgan fingerprint density at radius 1 is 0.720 bits per heavy atom. The lowest BCUT2D eigenvalue weighted by atomic mass is 10.0. The second-order valence-corrected chi connectivity index (χ2v) is 6.66. The number of benzene rings is 2. The summed E-state index contributed by atoms with van der Waals surface area (Å²) in [7, 11) is 0. The first-order chi connectivity index (χ1) is 12.4. The van der Waals surface area contributed by atoms with Gasteiger partial charge in [-0.3, -0.25) is 0 Å². The summed E-state index contributed by atoms with van der Waals surface area (Å²) in [5.41, 5.74) is 4.71. The molecule has 0 saturated heterocycles. The van der Waals surface area contributed by atoms with Crippen molar-refractivity contribution in [3.05, 3.63) is 66.4 Å². The quantitative estimate of drug-likeness (QED) is 0.437. The SMILES string of the molecule is CCCCCCCCc1[nH]c(-c2ccccc2)nc1-c1ccccc1. The van der Waals surface area contributed by atoms with Gasteiger partial charge in [-0.05, 0) is 12.8 Å². The van der Waals surface area contributed by atoms with Crippen molar-refractivity contribution >= 4 is 0 Å². The van der Waals surface area contributed by atoms with E-state index in [0.717, 1.165) is 23.5 Å². The van der Waals surface area contributed by atoms with Crippen LogP contribution in [-0.4, -0.2) is 9.97 Å². The van der Waals surface area contributed by atoms with Crippen molar-refractivity contribution in [2.24, 2.45) is 0 Å². The largest absolute Gasteiger partial charge is 0.341 e. The number of aromatic amines is 1. The highest BCUT2D eigenvalue weighted by Gasteiger charge is 2.13. The Morgan fingerprint density at radius 3 is 2.00 bits per heavy atom. The molecule has 0 bridgehead atoms. The molecule has 2 heteroatoms. The third-order valence-electron chi connectivity index (χ3n) is 4.65. The third-order valence-corrected chi connectivity index (χ3v) is 4.65. The van der Waals surface area contributed by atoms with Crippen molar-refractivity contribution in [1.82, 2.24) is 9.97 Å². The van der Waals surface area contributed by atoms with E-state index in [1.807, 2.05) is 6.07 Å². The van der Waals surface area contributed by atoms with Crippen LogP contribution in [0.5, 0.6) is 0 Å². The minimum absolute atomic E-state index is 0.973. The van der Waals surface area contributed by atoms with Crippen molar-refractivity contribution in [3.8, 4) is 22.6 Å². The number of hydrogen-bond acceptors (Lipinski definition) is 1. The topological polar surface area (TPSA) is 28.7 Å². The molecule has 0 amide bonds. The van der Waals surface area contributed by atoms with E-state index in [0.29, 0.717) is 0 Å². The van der Waals surface area contributed by atoms with Gasteiger partial charge in [0, 0.05) is 16.8 Å². The molecule has 0 fully saturated rings. The van der Waals surface area contributed by atoms with Crippen LogP contribution in [-0.2, 0) is 6.42 Å². The molecule has 25 heavy (non-hydrogen) atoms. The summed E-state index contributed by atoms with van der Waals surface area (Å²) < 4.78 is 0. The predicted molar refractivity (Wildman–Crippen MR) is 107 cm³/mol. The normalized spacial score (nSPS) is 10.9. The van der Waals surface area contributed by atoms with Crippen LogP contribution in [0.25, 0.3) is 22.6 Å². The Kier molecular flexibility index (Phi) is 6.44. The van der Waals surface area contributed by atoms with Crippen LogP contribution in [0.2, 0.25) is 0 Å². The van der Waals surface area contributed by atoms with Gasteiger partial charge in [0.2, 0.25) is 0 Å². The first-order valence-corrected chi connectivity index (χ1v) is 9.58. The number of hydrogen-bond donors (Lipinski definition) is 1. The van der Waals surface area contributed by atoms with Crippen LogP contribution in [0.3, 0.4) is 0 Å². The summed E-state index contributed by atoms with van der Waals surface area (Å²) in [5, 5.41) is 0. The molecule has 0 aliphatic heterocycles. The smallest absolute Gasteiger partial charge is 0.138 e. The highest BCUT2D eigenvalue weighted by atomic mass is 14.9. The minimum Gasteiger partial charge on any atom is -0.341 e. The fourth-order valence-electron chi connectivity index (χ4n) is 3.24. The van der Waals surface area contributed by atoms with E-state index in [4.69, 9.17) is 4.98 Å². The molecule has 0 atom stereocenters. The lowest BCUT2D eigenvalue weighted by molar-refractivity contribution is 0.605. The molecule has 0 aliphatic carbocycles. The van der Waals surface area contributed by atoms with Gasteiger partial charge in [-0.25, -0.2) is 4.98 Å². The lowest BCUT2D eigenvalue weighted by Crippen LogP contribution is -1.90. The summed E-state index contributed by atoms with van der Waals surface area (Å²) in [6, 6.07) is 20.9. The van der Waals surface area contributed by atoms with Crippen molar-refractivity contribution in [3.63, 3.8) is 0 Å². The number of H-pyrrole nitrogens is 1. The van der Waals surface area contributed by atoms with Crippen molar-refractivity contribution in [1.29, 1.82) is 0 Å². The van der Waals surface area contributed by atoms with Gasteiger partial charge < -0.3 is 4.98 Å². The fourth-order valence-corrected chi connectivity index (χ4v) is 3.24. The molecule has 3 rings (SSSR count). The van der Waals surface area contributed by atoms with E-state index in [1.165, 1.54) is 49.8 Å². The van der Waals surface area contributed by atoms with E-state index in [1.54, 1.807) is 0 Å². The standard InChI is InChI=1S/C23H28N2/c1-2-3-4-5-6-13-18-21-22(19-14-9-7-10-15-19)25-23(24-21)20-16-11-8-12-17-20/h7-12,14-17H,2-6,13,18H2,1H3,(H,24,25). The maximum Gasteiger partial charge on any atom is 0.138 e. The van der Waals surface area contributed by atoms with Crippen LogP contribution >= 0.6 is 0 Å². The first kappa shape index (κ1) is 17.5. The molecule has 2 nitrogen and oxygen atoms in total. The summed E-state index contributed by atoms with van der Waals surface area (Å²) >= 11 is 0. The zero-order chi connectivity index (χ0) is 17.3. The molecule has 2 aromatic carbocycles. The molecular weight excluding hydrogens is 304 g/mol. The van der Waals surface area contributed by atoms with Gasteiger partial charge in [0.05, 0.1) is 5.69 Å². The van der Waals surface area contributed by atoms with Gasteiger partial charge in [0.25, 0.3) is 0 Å². The molecule has 0 unspecified atom stereocenters. The van der Waals surface area contributed by atoms with E-state index < -0.39 is 0 Å². The van der Waals surface area contributed by atoms with Crippen LogP contribution in [0.4, 0.5) is 0 Å². The molecule has 0 radical (unpaired) electrons. The molecule has 130 valence electrons. The minimum atomic E-state index is 0.973. The maximum absolute atomic E-state index is 4.92. The highest BCUT2D eigenvalue weighted by Crippen LogP contribution is 2.27. The van der Waals surface area contributed by atoms with Gasteiger partial charge in [0.15, 0.2) is 0 Å². The van der Waals surface area contributed by atoms with Gasteiger partial charge in [0.1, 0.15) is 5.82 Å². The Bertz CT molecular complexity index is 744. The van der Waals surface area contributed by atoms with Crippen molar-refractivity contribution in [2.45, 2.75) is 51.9 Å². The van der Waals surface area contributed by atoms with Crippen LogP contribution in [0.15, 0.2) is 60.7 Å². The summed E-state index contributed by atoms with van der Waals surface area (Å²) in [4.78, 5) is 8.51. The second kappa shape index (κ2) is 9.22. The van der Waals surface area contributed by atoms with Crippen molar-refractivity contribution < 1.29 is 0 Å². The van der Waals surface area contributed by atoms with E-state index in [9.17, 15) is 0 Å². The number of rotatable bonds is 9. The Hall–Kier alpha value is -2.35. The molecule has 1 heterocycles. The van der Waals surface area contributed by atoms with Gasteiger partial charge in [-0.1, -0.05) is 99.7 Å². The molecular formula is C23H28N2. The summed E-state index contributed by atoms with van der Waals surface area (Å²) in [6.07, 6.45) is 8.95. The summed E-state index contributed by atoms with van der Waals surface area (Å²) in [6.45, 7) is 2.27. The van der Waals surface area contributed by atoms with Gasteiger partial charge >= 0.3 is 0 Å². The zero-order valence-corrected chi connectivity index (χ0v) is 15.2. The van der Waals surface area contributed by atoms with E-state index in [-0.39, 0.29) is 0 Å². The third kappa shape index (κ3) is 4.82. The number of nitrogens with one attached hydrogen (secondary N) is 1. The second-order valence-electron chi connectivity index (χ2n) is 6.66. The number of aryl methyl sites for hydroxylation is 1. The Labute approximate surface area is 151 Å². The van der Waals surface area contributed by atoms with Crippen molar-refractivity contribution in [2.75, 3.05) is 0 Å². The first-order valence-electron chi connectivity index (χ1n) is 9.58. The Balaban J connectivity index is 1.76. The average Bonchev–Trinajstić information content (AvgIpc) is 3.10. The van der Waals surface area contributed by atoms with Crippen LogP contribution < -0.4 is 0 Å². The highest BCUT2D eigenvalue weighted by molar-refractivity contribution is 5.67. The number of aromatic nitrogens is 2. The maximum atomic E-state index is 4.92. The molecule has 3 aromatic rings. The monoisotopic (exact) mass is 332 g/mol. The Morgan fingerprint density at radius 2 is 1.32 bits per heavy atom. The fraction of sp³-hybridized carbons (Fsp3) is 0.348. The van der Waals surface area contributed by atoms with Gasteiger partial charge in [-0.2, -0.15) is 0 Å². The lowest BCUT2D eigenvalue weighted by Gasteiger charge is -2.03. The predicted octanol–water partition coefficient (Wildman–Crippen LogP) is 6.65. The van der Waals surface area contributed by atoms with Crippen LogP contribution in [0.1, 0.15) is 51.1 Å². The number of nitrogens with zero attached hydrogens (tertiary/aromatic N) is 1. The van der Waals surface area contributed by atoms with E-state index >= 15 is 0 Å². The average molecular weight is 332 g/mol. The van der Waals surface area contributed by atoms with Crippen LogP contribution in [0, 0.1) is 0 Å². The molecule has 0 aliphatic rings. The zero-order valence-electron chi connectivity index (χ0n) is 15.2. The number of imidazole rings is 1. The van der Waals surface area contributed by atoms with E-state index in [2.05, 4.69) is 66.5 Å². The molecule has 0 saturated carbocycles. The molecule has 1 aromatic heterocycles. The van der Waals surface area contributed by atoms with Gasteiger partial charge in [-0.15, -0.1) is 0 Å². The number of unbranched alkanes of at least 4 members (excludes halogenated alkanes) is 5. The summed E-state index contributed by atoms with van der Waals surface area (Å²) in [5.74, 6) is 0.973.